The van der Waals surface area contributed by atoms with Gasteiger partial charge in [-0.25, -0.2) is 9.37 Å². The lowest BCUT2D eigenvalue weighted by atomic mass is 10.2. The summed E-state index contributed by atoms with van der Waals surface area (Å²) in [4.78, 5) is 28.7. The number of hydrogen-bond acceptors (Lipinski definition) is 4. The highest BCUT2D eigenvalue weighted by atomic mass is 19.1. The number of carbonyl (C=O) groups is 2. The van der Waals surface area contributed by atoms with Crippen LogP contribution in [-0.4, -0.2) is 16.8 Å². The van der Waals surface area contributed by atoms with Crippen molar-refractivity contribution in [3.05, 3.63) is 95.1 Å². The fourth-order valence-electron chi connectivity index (χ4n) is 2.42. The summed E-state index contributed by atoms with van der Waals surface area (Å²) < 4.78 is 13.6. The minimum Gasteiger partial charge on any atom is -0.347 e. The number of carbonyl (C=O) groups excluding carboxylic acids is 2. The molecular formula is C21H15FN4O2. The van der Waals surface area contributed by atoms with Crippen molar-refractivity contribution in [2.75, 3.05) is 5.32 Å². The lowest BCUT2D eigenvalue weighted by Crippen LogP contribution is -2.25. The second-order valence-corrected chi connectivity index (χ2v) is 5.83. The molecule has 3 rings (SSSR count). The summed E-state index contributed by atoms with van der Waals surface area (Å²) in [7, 11) is 0. The number of amides is 2. The van der Waals surface area contributed by atoms with E-state index in [1.54, 1.807) is 48.5 Å². The van der Waals surface area contributed by atoms with E-state index < -0.39 is 17.6 Å². The Kier molecular flexibility index (Phi) is 5.72. The second-order valence-electron chi connectivity index (χ2n) is 5.83. The summed E-state index contributed by atoms with van der Waals surface area (Å²) in [6.07, 6.45) is 0. The predicted octanol–water partition coefficient (Wildman–Crippen LogP) is 3.27. The molecule has 0 radical (unpaired) electrons. The Morgan fingerprint density at radius 3 is 2.29 bits per heavy atom. The van der Waals surface area contributed by atoms with Crippen molar-refractivity contribution in [1.29, 1.82) is 5.26 Å². The van der Waals surface area contributed by atoms with Gasteiger partial charge in [-0.15, -0.1) is 0 Å². The quantitative estimate of drug-likeness (QED) is 0.716. The fourth-order valence-corrected chi connectivity index (χ4v) is 2.42. The highest BCUT2D eigenvalue weighted by molar-refractivity contribution is 6.03. The molecule has 0 bridgehead atoms. The van der Waals surface area contributed by atoms with E-state index >= 15 is 0 Å². The maximum absolute atomic E-state index is 13.6. The van der Waals surface area contributed by atoms with E-state index in [-0.39, 0.29) is 17.9 Å². The number of benzene rings is 2. The van der Waals surface area contributed by atoms with Gasteiger partial charge in [0.25, 0.3) is 11.8 Å². The molecule has 1 aromatic heterocycles. The Balaban J connectivity index is 1.67. The molecule has 0 saturated carbocycles. The molecule has 0 aliphatic rings. The summed E-state index contributed by atoms with van der Waals surface area (Å²) >= 11 is 0. The van der Waals surface area contributed by atoms with Gasteiger partial charge >= 0.3 is 0 Å². The van der Waals surface area contributed by atoms with E-state index in [1.807, 2.05) is 6.07 Å². The Morgan fingerprint density at radius 2 is 1.61 bits per heavy atom. The van der Waals surface area contributed by atoms with Crippen LogP contribution < -0.4 is 10.6 Å². The van der Waals surface area contributed by atoms with Gasteiger partial charge in [0.2, 0.25) is 0 Å². The first-order chi connectivity index (χ1) is 13.6. The molecule has 1 heterocycles. The molecule has 0 saturated heterocycles. The highest BCUT2D eigenvalue weighted by Gasteiger charge is 2.13. The first-order valence-electron chi connectivity index (χ1n) is 8.37. The normalized spacial score (nSPS) is 10.0. The molecular weight excluding hydrogens is 359 g/mol. The zero-order chi connectivity index (χ0) is 19.9. The van der Waals surface area contributed by atoms with Crippen molar-refractivity contribution in [3.63, 3.8) is 0 Å². The van der Waals surface area contributed by atoms with Crippen molar-refractivity contribution < 1.29 is 14.0 Å². The van der Waals surface area contributed by atoms with Crippen LogP contribution in [0.25, 0.3) is 0 Å². The van der Waals surface area contributed by atoms with Gasteiger partial charge in [0.1, 0.15) is 17.2 Å². The fraction of sp³-hybridized carbons (Fsp3) is 0.0476. The van der Waals surface area contributed by atoms with Crippen LogP contribution in [0, 0.1) is 17.1 Å². The first kappa shape index (κ1) is 18.7. The summed E-state index contributed by atoms with van der Waals surface area (Å²) in [6, 6.07) is 19.0. The number of halogens is 1. The van der Waals surface area contributed by atoms with Gasteiger partial charge in [0, 0.05) is 17.8 Å². The highest BCUT2D eigenvalue weighted by Crippen LogP contribution is 2.11. The number of nitrogens with zero attached hydrogens (tertiary/aromatic N) is 2. The third kappa shape index (κ3) is 4.56. The number of anilines is 1. The van der Waals surface area contributed by atoms with Crippen LogP contribution >= 0.6 is 0 Å². The molecule has 6 nitrogen and oxygen atoms in total. The largest absolute Gasteiger partial charge is 0.347 e. The number of rotatable bonds is 5. The van der Waals surface area contributed by atoms with E-state index in [1.165, 1.54) is 18.2 Å². The van der Waals surface area contributed by atoms with Crippen molar-refractivity contribution in [2.45, 2.75) is 6.54 Å². The SMILES string of the molecule is N#Cc1ccc(NC(=O)c2cccc(C(=O)NCc3ccccc3F)n2)cc1. The average Bonchev–Trinajstić information content (AvgIpc) is 2.73. The second kappa shape index (κ2) is 8.56. The Hall–Kier alpha value is -4.05. The molecule has 0 fully saturated rings. The molecule has 2 N–H and O–H groups in total. The van der Waals surface area contributed by atoms with Gasteiger partial charge in [-0.2, -0.15) is 5.26 Å². The van der Waals surface area contributed by atoms with Crippen LogP contribution in [0.5, 0.6) is 0 Å². The number of hydrogen-bond donors (Lipinski definition) is 2. The van der Waals surface area contributed by atoms with Crippen LogP contribution in [0.3, 0.4) is 0 Å². The molecule has 7 heteroatoms. The third-order valence-corrected chi connectivity index (χ3v) is 3.88. The standard InChI is InChI=1S/C21H15FN4O2/c22-17-5-2-1-4-15(17)13-24-20(27)18-6-3-7-19(26-18)21(28)25-16-10-8-14(12-23)9-11-16/h1-11H,13H2,(H,24,27)(H,25,28). The summed E-state index contributed by atoms with van der Waals surface area (Å²) in [5.41, 5.74) is 1.43. The average molecular weight is 374 g/mol. The molecule has 2 amide bonds. The molecule has 0 spiro atoms. The molecule has 3 aromatic rings. The van der Waals surface area contributed by atoms with E-state index in [0.717, 1.165) is 0 Å². The number of nitriles is 1. The first-order valence-corrected chi connectivity index (χ1v) is 8.37. The molecule has 2 aromatic carbocycles. The van der Waals surface area contributed by atoms with Crippen LogP contribution in [-0.2, 0) is 6.54 Å². The summed E-state index contributed by atoms with van der Waals surface area (Å²) in [5, 5.41) is 14.0. The molecule has 0 atom stereocenters. The maximum Gasteiger partial charge on any atom is 0.274 e. The predicted molar refractivity (Wildman–Crippen MR) is 101 cm³/mol. The summed E-state index contributed by atoms with van der Waals surface area (Å²) in [6.45, 7) is 0.00878. The van der Waals surface area contributed by atoms with Gasteiger partial charge in [-0.05, 0) is 42.5 Å². The minimum absolute atomic E-state index is 0.00878. The van der Waals surface area contributed by atoms with Crippen LogP contribution in [0.1, 0.15) is 32.1 Å². The Labute approximate surface area is 160 Å². The molecule has 28 heavy (non-hydrogen) atoms. The third-order valence-electron chi connectivity index (χ3n) is 3.88. The zero-order valence-electron chi connectivity index (χ0n) is 14.6. The lowest BCUT2D eigenvalue weighted by Gasteiger charge is -2.08. The van der Waals surface area contributed by atoms with Crippen molar-refractivity contribution in [2.24, 2.45) is 0 Å². The molecule has 0 aliphatic carbocycles. The van der Waals surface area contributed by atoms with Crippen LogP contribution in [0.4, 0.5) is 10.1 Å². The van der Waals surface area contributed by atoms with Gasteiger partial charge in [0.15, 0.2) is 0 Å². The molecule has 0 aliphatic heterocycles. The lowest BCUT2D eigenvalue weighted by molar-refractivity contribution is 0.0945. The van der Waals surface area contributed by atoms with E-state index in [9.17, 15) is 14.0 Å². The Bertz CT molecular complexity index is 1060. The van der Waals surface area contributed by atoms with E-state index in [4.69, 9.17) is 5.26 Å². The smallest absolute Gasteiger partial charge is 0.274 e. The van der Waals surface area contributed by atoms with Crippen LogP contribution in [0.15, 0.2) is 66.7 Å². The monoisotopic (exact) mass is 374 g/mol. The zero-order valence-corrected chi connectivity index (χ0v) is 14.6. The van der Waals surface area contributed by atoms with Crippen molar-refractivity contribution >= 4 is 17.5 Å². The maximum atomic E-state index is 13.6. The summed E-state index contributed by atoms with van der Waals surface area (Å²) in [5.74, 6) is -1.42. The topological polar surface area (TPSA) is 94.9 Å². The minimum atomic E-state index is -0.517. The van der Waals surface area contributed by atoms with Crippen LogP contribution in [0.2, 0.25) is 0 Å². The van der Waals surface area contributed by atoms with Gasteiger partial charge in [0.05, 0.1) is 11.6 Å². The van der Waals surface area contributed by atoms with E-state index in [0.29, 0.717) is 16.8 Å². The van der Waals surface area contributed by atoms with Crippen molar-refractivity contribution in [3.8, 4) is 6.07 Å². The number of pyridine rings is 1. The van der Waals surface area contributed by atoms with Crippen molar-refractivity contribution in [1.82, 2.24) is 10.3 Å². The molecule has 0 unspecified atom stereocenters. The van der Waals surface area contributed by atoms with E-state index in [2.05, 4.69) is 15.6 Å². The van der Waals surface area contributed by atoms with Gasteiger partial charge < -0.3 is 10.6 Å². The number of aromatic nitrogens is 1. The molecule has 138 valence electrons. The number of nitrogens with one attached hydrogen (secondary N) is 2. The van der Waals surface area contributed by atoms with Gasteiger partial charge in [-0.1, -0.05) is 24.3 Å². The van der Waals surface area contributed by atoms with Gasteiger partial charge in [-0.3, -0.25) is 9.59 Å². The Morgan fingerprint density at radius 1 is 0.929 bits per heavy atom.